The standard InChI is InChI=1S/C21H16F2N4O/c22-17-9-8-15(11-18(17)23)25-20-12-19(24-13-16-7-4-10-28-16)26-21(27-20)14-5-2-1-3-6-14/h1-12H,13H2,(H2,24,25,26,27). The fourth-order valence-corrected chi connectivity index (χ4v) is 2.63. The van der Waals surface area contributed by atoms with Gasteiger partial charge in [0, 0.05) is 23.4 Å². The number of aromatic nitrogens is 2. The lowest BCUT2D eigenvalue weighted by Gasteiger charge is -2.11. The van der Waals surface area contributed by atoms with Gasteiger partial charge in [0.25, 0.3) is 0 Å². The summed E-state index contributed by atoms with van der Waals surface area (Å²) in [5.41, 5.74) is 1.21. The van der Waals surface area contributed by atoms with Crippen LogP contribution in [0, 0.1) is 11.6 Å². The zero-order chi connectivity index (χ0) is 19.3. The van der Waals surface area contributed by atoms with E-state index in [1.165, 1.54) is 6.07 Å². The molecule has 0 aliphatic rings. The second kappa shape index (κ2) is 7.87. The van der Waals surface area contributed by atoms with Crippen LogP contribution in [0.3, 0.4) is 0 Å². The van der Waals surface area contributed by atoms with Gasteiger partial charge in [-0.15, -0.1) is 0 Å². The number of furan rings is 1. The number of hydrogen-bond acceptors (Lipinski definition) is 5. The zero-order valence-corrected chi connectivity index (χ0v) is 14.7. The fraction of sp³-hybridized carbons (Fsp3) is 0.0476. The quantitative estimate of drug-likeness (QED) is 0.472. The molecule has 0 saturated heterocycles. The summed E-state index contributed by atoms with van der Waals surface area (Å²) >= 11 is 0. The third-order valence-electron chi connectivity index (χ3n) is 3.97. The van der Waals surface area contributed by atoms with Crippen molar-refractivity contribution in [3.05, 3.63) is 90.4 Å². The molecule has 140 valence electrons. The molecule has 28 heavy (non-hydrogen) atoms. The maximum absolute atomic E-state index is 13.5. The summed E-state index contributed by atoms with van der Waals surface area (Å²) in [5, 5.41) is 6.18. The van der Waals surface area contributed by atoms with Gasteiger partial charge in [0.2, 0.25) is 0 Å². The van der Waals surface area contributed by atoms with Crippen LogP contribution >= 0.6 is 0 Å². The highest BCUT2D eigenvalue weighted by atomic mass is 19.2. The lowest BCUT2D eigenvalue weighted by atomic mass is 10.2. The molecule has 0 atom stereocenters. The normalized spacial score (nSPS) is 10.6. The van der Waals surface area contributed by atoms with E-state index in [1.807, 2.05) is 42.5 Å². The first-order valence-electron chi connectivity index (χ1n) is 8.60. The van der Waals surface area contributed by atoms with Crippen LogP contribution in [-0.4, -0.2) is 9.97 Å². The molecule has 0 unspecified atom stereocenters. The molecule has 0 bridgehead atoms. The van der Waals surface area contributed by atoms with Crippen LogP contribution in [0.2, 0.25) is 0 Å². The first-order valence-corrected chi connectivity index (χ1v) is 8.60. The Morgan fingerprint density at radius 2 is 1.64 bits per heavy atom. The molecule has 5 nitrogen and oxygen atoms in total. The van der Waals surface area contributed by atoms with Crippen molar-refractivity contribution in [3.63, 3.8) is 0 Å². The Kier molecular flexibility index (Phi) is 4.97. The average molecular weight is 378 g/mol. The van der Waals surface area contributed by atoms with Gasteiger partial charge >= 0.3 is 0 Å². The molecule has 4 aromatic rings. The summed E-state index contributed by atoms with van der Waals surface area (Å²) in [4.78, 5) is 9.03. The van der Waals surface area contributed by atoms with Gasteiger partial charge in [-0.25, -0.2) is 18.7 Å². The second-order valence-electron chi connectivity index (χ2n) is 6.01. The first-order chi connectivity index (χ1) is 13.7. The fourth-order valence-electron chi connectivity index (χ4n) is 2.63. The minimum atomic E-state index is -0.932. The van der Waals surface area contributed by atoms with Crippen molar-refractivity contribution in [1.29, 1.82) is 0 Å². The van der Waals surface area contributed by atoms with Crippen molar-refractivity contribution in [3.8, 4) is 11.4 Å². The van der Waals surface area contributed by atoms with E-state index < -0.39 is 11.6 Å². The average Bonchev–Trinajstić information content (AvgIpc) is 3.23. The Hall–Kier alpha value is -3.74. The Morgan fingerprint density at radius 1 is 0.821 bits per heavy atom. The number of halogens is 2. The largest absolute Gasteiger partial charge is 0.467 e. The number of anilines is 3. The number of hydrogen-bond donors (Lipinski definition) is 2. The molecule has 2 aromatic heterocycles. The molecular weight excluding hydrogens is 362 g/mol. The molecule has 2 N–H and O–H groups in total. The maximum Gasteiger partial charge on any atom is 0.163 e. The summed E-state index contributed by atoms with van der Waals surface area (Å²) in [6.07, 6.45) is 1.60. The lowest BCUT2D eigenvalue weighted by Crippen LogP contribution is -2.05. The van der Waals surface area contributed by atoms with E-state index >= 15 is 0 Å². The van der Waals surface area contributed by atoms with Crippen LogP contribution in [0.4, 0.5) is 26.1 Å². The van der Waals surface area contributed by atoms with Crippen LogP contribution < -0.4 is 10.6 Å². The molecular formula is C21H16F2N4O. The Bertz CT molecular complexity index is 1070. The lowest BCUT2D eigenvalue weighted by molar-refractivity contribution is 0.509. The number of nitrogens with one attached hydrogen (secondary N) is 2. The molecule has 4 rings (SSSR count). The maximum atomic E-state index is 13.5. The zero-order valence-electron chi connectivity index (χ0n) is 14.7. The minimum absolute atomic E-state index is 0.383. The van der Waals surface area contributed by atoms with Gasteiger partial charge in [0.15, 0.2) is 17.5 Å². The van der Waals surface area contributed by atoms with Gasteiger partial charge in [0.05, 0.1) is 12.8 Å². The van der Waals surface area contributed by atoms with E-state index in [4.69, 9.17) is 4.42 Å². The number of rotatable bonds is 6. The van der Waals surface area contributed by atoms with E-state index in [1.54, 1.807) is 12.3 Å². The molecule has 2 heterocycles. The molecule has 2 aromatic carbocycles. The van der Waals surface area contributed by atoms with E-state index in [-0.39, 0.29) is 0 Å². The highest BCUT2D eigenvalue weighted by molar-refractivity contribution is 5.65. The molecule has 0 aliphatic carbocycles. The highest BCUT2D eigenvalue weighted by Gasteiger charge is 2.09. The monoisotopic (exact) mass is 378 g/mol. The highest BCUT2D eigenvalue weighted by Crippen LogP contribution is 2.24. The molecule has 0 fully saturated rings. The molecule has 7 heteroatoms. The topological polar surface area (TPSA) is 63.0 Å². The summed E-state index contributed by atoms with van der Waals surface area (Å²) in [6.45, 7) is 0.447. The summed E-state index contributed by atoms with van der Waals surface area (Å²) in [5.74, 6) is 0.430. The Labute approximate surface area is 160 Å². The predicted molar refractivity (Wildman–Crippen MR) is 103 cm³/mol. The Morgan fingerprint density at radius 3 is 2.39 bits per heavy atom. The van der Waals surface area contributed by atoms with Crippen LogP contribution in [0.5, 0.6) is 0 Å². The third-order valence-corrected chi connectivity index (χ3v) is 3.97. The van der Waals surface area contributed by atoms with Gasteiger partial charge in [-0.3, -0.25) is 0 Å². The van der Waals surface area contributed by atoms with Crippen molar-refractivity contribution in [2.45, 2.75) is 6.54 Å². The van der Waals surface area contributed by atoms with Gasteiger partial charge in [-0.05, 0) is 24.3 Å². The van der Waals surface area contributed by atoms with Crippen molar-refractivity contribution >= 4 is 17.3 Å². The van der Waals surface area contributed by atoms with E-state index in [0.717, 1.165) is 23.5 Å². The van der Waals surface area contributed by atoms with Crippen LogP contribution in [0.15, 0.2) is 77.4 Å². The van der Waals surface area contributed by atoms with Gasteiger partial charge in [-0.1, -0.05) is 30.3 Å². The molecule has 0 amide bonds. The summed E-state index contributed by atoms with van der Waals surface area (Å²) < 4.78 is 32.0. The van der Waals surface area contributed by atoms with Crippen molar-refractivity contribution < 1.29 is 13.2 Å². The van der Waals surface area contributed by atoms with Crippen LogP contribution in [0.1, 0.15) is 5.76 Å². The first kappa shape index (κ1) is 17.7. The molecule has 0 radical (unpaired) electrons. The predicted octanol–water partition coefficient (Wildman–Crippen LogP) is 5.37. The molecule has 0 aliphatic heterocycles. The number of nitrogens with zero attached hydrogens (tertiary/aromatic N) is 2. The number of benzene rings is 2. The van der Waals surface area contributed by atoms with E-state index in [9.17, 15) is 8.78 Å². The second-order valence-corrected chi connectivity index (χ2v) is 6.01. The van der Waals surface area contributed by atoms with Gasteiger partial charge < -0.3 is 15.1 Å². The minimum Gasteiger partial charge on any atom is -0.467 e. The van der Waals surface area contributed by atoms with Crippen molar-refractivity contribution in [1.82, 2.24) is 9.97 Å². The van der Waals surface area contributed by atoms with E-state index in [0.29, 0.717) is 29.7 Å². The summed E-state index contributed by atoms with van der Waals surface area (Å²) in [6, 6.07) is 18.4. The summed E-state index contributed by atoms with van der Waals surface area (Å²) in [7, 11) is 0. The van der Waals surface area contributed by atoms with Gasteiger partial charge in [0.1, 0.15) is 17.4 Å². The van der Waals surface area contributed by atoms with E-state index in [2.05, 4.69) is 20.6 Å². The van der Waals surface area contributed by atoms with Crippen molar-refractivity contribution in [2.24, 2.45) is 0 Å². The third kappa shape index (κ3) is 4.15. The SMILES string of the molecule is Fc1ccc(Nc2cc(NCc3ccco3)nc(-c3ccccc3)n2)cc1F. The molecule has 0 saturated carbocycles. The van der Waals surface area contributed by atoms with Gasteiger partial charge in [-0.2, -0.15) is 0 Å². The van der Waals surface area contributed by atoms with Crippen LogP contribution in [-0.2, 0) is 6.54 Å². The smallest absolute Gasteiger partial charge is 0.163 e. The van der Waals surface area contributed by atoms with Crippen molar-refractivity contribution in [2.75, 3.05) is 10.6 Å². The van der Waals surface area contributed by atoms with Crippen LogP contribution in [0.25, 0.3) is 11.4 Å². The Balaban J connectivity index is 1.65. The molecule has 0 spiro atoms.